The number of allylic oxidation sites excluding steroid dienone is 3. The summed E-state index contributed by atoms with van der Waals surface area (Å²) in [6.07, 6.45) is 12.3. The summed E-state index contributed by atoms with van der Waals surface area (Å²) in [5.74, 6) is -0.644. The lowest BCUT2D eigenvalue weighted by Crippen LogP contribution is -2.37. The molecule has 6 aromatic carbocycles. The highest BCUT2D eigenvalue weighted by atomic mass is 32.2. The third kappa shape index (κ3) is 10.8. The van der Waals surface area contributed by atoms with Crippen LogP contribution in [0.3, 0.4) is 0 Å². The van der Waals surface area contributed by atoms with E-state index in [0.717, 1.165) is 77.5 Å². The number of benzene rings is 6. The molecule has 70 heavy (non-hydrogen) atoms. The number of aromatic nitrogens is 2. The highest BCUT2D eigenvalue weighted by molar-refractivity contribution is 8.03. The molecule has 14 heteroatoms. The van der Waals surface area contributed by atoms with Crippen LogP contribution in [-0.2, 0) is 33.3 Å². The number of anilines is 2. The van der Waals surface area contributed by atoms with Crippen LogP contribution in [0.25, 0.3) is 60.9 Å². The normalized spacial score (nSPS) is 15.1. The van der Waals surface area contributed by atoms with E-state index in [1.54, 1.807) is 23.1 Å². The molecule has 0 atom stereocenters. The highest BCUT2D eigenvalue weighted by Gasteiger charge is 2.29. The average molecular weight is 1010 g/mol. The van der Waals surface area contributed by atoms with Crippen molar-refractivity contribution in [1.29, 1.82) is 0 Å². The van der Waals surface area contributed by atoms with Crippen molar-refractivity contribution in [3.8, 4) is 0 Å². The molecule has 0 spiro atoms. The molecule has 0 bridgehead atoms. The van der Waals surface area contributed by atoms with E-state index in [1.807, 2.05) is 24.3 Å². The molecule has 2 aliphatic heterocycles. The Balaban J connectivity index is 0.000000205. The van der Waals surface area contributed by atoms with Crippen molar-refractivity contribution in [2.24, 2.45) is 0 Å². The van der Waals surface area contributed by atoms with Crippen molar-refractivity contribution in [1.82, 2.24) is 0 Å². The predicted molar refractivity (Wildman–Crippen MR) is 291 cm³/mol. The number of likely N-dealkylation sites (N-methyl/N-ethyl adjacent to an activating group) is 1. The Kier molecular flexibility index (Phi) is 14.7. The van der Waals surface area contributed by atoms with E-state index in [4.69, 9.17) is 0 Å². The molecule has 2 aliphatic rings. The lowest BCUT2D eigenvalue weighted by Gasteiger charge is -2.29. The van der Waals surface area contributed by atoms with Crippen molar-refractivity contribution >= 4 is 116 Å². The molecule has 10 rings (SSSR count). The first-order valence-electron chi connectivity index (χ1n) is 23.6. The number of para-hydroxylation sites is 2. The van der Waals surface area contributed by atoms with Gasteiger partial charge in [-0.15, -0.1) is 0 Å². The van der Waals surface area contributed by atoms with Gasteiger partial charge in [0.25, 0.3) is 25.2 Å². The monoisotopic (exact) mass is 1010 g/mol. The minimum Gasteiger partial charge on any atom is -0.341 e. The van der Waals surface area contributed by atoms with Gasteiger partial charge in [0, 0.05) is 70.8 Å². The van der Waals surface area contributed by atoms with Crippen molar-refractivity contribution in [2.75, 3.05) is 34.4 Å². The van der Waals surface area contributed by atoms with Crippen molar-refractivity contribution in [3.05, 3.63) is 178 Å². The van der Waals surface area contributed by atoms with E-state index >= 15 is 0 Å². The SMILES string of the molecule is CCC(=C\c1sc2ccc3ccccc3c2[n+]1CCCS(=O)(=O)O)/C=C1/Sc2ccc3ccccc3c2N1CCCS(=O)(=O)O.CCN1/C(=C/c2ccc3ccccc3[n+]2CC)C=Cc2ccccc21. The summed E-state index contributed by atoms with van der Waals surface area (Å²) in [4.78, 5) is 5.61. The summed E-state index contributed by atoms with van der Waals surface area (Å²) < 4.78 is 70.6. The first-order chi connectivity index (χ1) is 33.8. The molecule has 0 amide bonds. The maximum absolute atomic E-state index is 11.5. The number of nitrogens with zero attached hydrogens (tertiary/aromatic N) is 4. The fraction of sp³-hybridized carbons (Fsp3) is 0.214. The number of thioether (sulfide) groups is 1. The molecule has 0 radical (unpaired) electrons. The molecule has 4 heterocycles. The van der Waals surface area contributed by atoms with Crippen LogP contribution >= 0.6 is 23.1 Å². The molecular weight excluding hydrogens is 953 g/mol. The first kappa shape index (κ1) is 48.9. The van der Waals surface area contributed by atoms with Crippen molar-refractivity contribution < 1.29 is 35.1 Å². The molecule has 2 aromatic heterocycles. The lowest BCUT2D eigenvalue weighted by molar-refractivity contribution is -0.669. The van der Waals surface area contributed by atoms with Gasteiger partial charge in [0.1, 0.15) is 11.2 Å². The molecule has 8 aromatic rings. The van der Waals surface area contributed by atoms with Crippen LogP contribution in [0.5, 0.6) is 0 Å². The molecule has 2 N–H and O–H groups in total. The van der Waals surface area contributed by atoms with Gasteiger partial charge < -0.3 is 9.80 Å². The summed E-state index contributed by atoms with van der Waals surface area (Å²) in [6.45, 7) is 9.23. The second kappa shape index (κ2) is 21.1. The fourth-order valence-electron chi connectivity index (χ4n) is 9.45. The number of hydrogen-bond donors (Lipinski definition) is 2. The molecule has 0 saturated heterocycles. The van der Waals surface area contributed by atoms with E-state index in [0.29, 0.717) is 13.1 Å². The van der Waals surface area contributed by atoms with E-state index in [2.05, 4.69) is 179 Å². The fourth-order valence-corrected chi connectivity index (χ4v) is 12.8. The molecule has 0 saturated carbocycles. The van der Waals surface area contributed by atoms with E-state index in [1.165, 1.54) is 33.5 Å². The Morgan fingerprint density at radius 3 is 2.07 bits per heavy atom. The summed E-state index contributed by atoms with van der Waals surface area (Å²) in [7, 11) is -8.18. The zero-order valence-corrected chi connectivity index (χ0v) is 42.7. The van der Waals surface area contributed by atoms with Crippen LogP contribution in [0, 0.1) is 0 Å². The number of rotatable bonds is 14. The third-order valence-corrected chi connectivity index (χ3v) is 16.5. The molecule has 0 fully saturated rings. The van der Waals surface area contributed by atoms with Gasteiger partial charge in [-0.3, -0.25) is 9.11 Å². The molecular formula is C56H56N4O6S4+2. The Bertz CT molecular complexity index is 3640. The Hall–Kier alpha value is -6.13. The van der Waals surface area contributed by atoms with Crippen LogP contribution in [0.2, 0.25) is 0 Å². The summed E-state index contributed by atoms with van der Waals surface area (Å²) >= 11 is 3.27. The minimum atomic E-state index is -4.09. The van der Waals surface area contributed by atoms with Crippen LogP contribution in [0.1, 0.15) is 56.3 Å². The maximum atomic E-state index is 11.5. The summed E-state index contributed by atoms with van der Waals surface area (Å²) in [5.41, 5.74) is 9.42. The third-order valence-electron chi connectivity index (χ3n) is 12.7. The number of pyridine rings is 1. The number of aryl methyl sites for hydroxylation is 2. The first-order valence-corrected chi connectivity index (χ1v) is 28.5. The van der Waals surface area contributed by atoms with Gasteiger partial charge in [0.15, 0.2) is 6.54 Å². The number of fused-ring (bicyclic) bond motifs is 8. The van der Waals surface area contributed by atoms with Crippen molar-refractivity contribution in [3.63, 3.8) is 0 Å². The quantitative estimate of drug-likeness (QED) is 0.0810. The Morgan fingerprint density at radius 2 is 1.33 bits per heavy atom. The van der Waals surface area contributed by atoms with Gasteiger partial charge in [0.2, 0.25) is 16.7 Å². The lowest BCUT2D eigenvalue weighted by atomic mass is 10.0. The topological polar surface area (TPSA) is 123 Å². The standard InChI is InChI=1S/C33H32N2O6S4.C23H23N2/c1-2-23(21-30-34(17-7-19-44(36,37)38)32-26-11-5-3-9-24(26)13-15-28(32)42-30)22-31-35(18-8-20-45(39,40)41)33-27-12-6-4-10-25(27)14-16-29(33)43-31;1-3-24-20(15-13-18-9-5-7-11-22(18)24)17-21-16-14-19-10-6-8-12-23(19)25(21)4-2/h3-6,9-16,21-22H,2,7-8,17-20H2,1H3,(H-,36,37,38,39,40,41);5-17H,3-4H2,1-2H3/q;+1/p+1. The minimum absolute atomic E-state index is 0.266. The van der Waals surface area contributed by atoms with Gasteiger partial charge in [0.05, 0.1) is 27.6 Å². The maximum Gasteiger partial charge on any atom is 0.265 e. The van der Waals surface area contributed by atoms with Gasteiger partial charge in [-0.05, 0) is 97.1 Å². The van der Waals surface area contributed by atoms with E-state index < -0.39 is 20.2 Å². The summed E-state index contributed by atoms with van der Waals surface area (Å²) in [5, 5.41) is 7.55. The molecule has 0 aliphatic carbocycles. The molecule has 10 nitrogen and oxygen atoms in total. The van der Waals surface area contributed by atoms with E-state index in [-0.39, 0.29) is 24.3 Å². The largest absolute Gasteiger partial charge is 0.341 e. The van der Waals surface area contributed by atoms with Crippen LogP contribution in [0.4, 0.5) is 11.4 Å². The van der Waals surface area contributed by atoms with Gasteiger partial charge in [-0.25, -0.2) is 0 Å². The van der Waals surface area contributed by atoms with Crippen LogP contribution in [-0.4, -0.2) is 50.5 Å². The predicted octanol–water partition coefficient (Wildman–Crippen LogP) is 12.3. The molecule has 358 valence electrons. The number of hydrogen-bond acceptors (Lipinski definition) is 8. The second-order valence-corrected chi connectivity index (χ2v) is 22.5. The molecule has 0 unspecified atom stereocenters. The smallest absolute Gasteiger partial charge is 0.265 e. The summed E-state index contributed by atoms with van der Waals surface area (Å²) in [6, 6.07) is 46.2. The second-order valence-electron chi connectivity index (χ2n) is 17.2. The highest BCUT2D eigenvalue weighted by Crippen LogP contribution is 2.50. The van der Waals surface area contributed by atoms with Crippen LogP contribution < -0.4 is 18.9 Å². The zero-order chi connectivity index (χ0) is 49.0. The average Bonchev–Trinajstić information content (AvgIpc) is 3.89. The zero-order valence-electron chi connectivity index (χ0n) is 39.4. The van der Waals surface area contributed by atoms with Gasteiger partial charge in [-0.1, -0.05) is 121 Å². The Labute approximate surface area is 418 Å². The Morgan fingerprint density at radius 1 is 0.671 bits per heavy atom. The van der Waals surface area contributed by atoms with Gasteiger partial charge >= 0.3 is 0 Å². The van der Waals surface area contributed by atoms with E-state index in [9.17, 15) is 25.9 Å². The van der Waals surface area contributed by atoms with Gasteiger partial charge in [-0.2, -0.15) is 26.0 Å². The van der Waals surface area contributed by atoms with Crippen LogP contribution in [0.15, 0.2) is 167 Å². The van der Waals surface area contributed by atoms with Crippen molar-refractivity contribution in [2.45, 2.75) is 58.0 Å². The number of thiazole rings is 1.